The first-order valence-electron chi connectivity index (χ1n) is 5.40. The van der Waals surface area contributed by atoms with Crippen LogP contribution < -0.4 is 5.32 Å². The van der Waals surface area contributed by atoms with E-state index in [-0.39, 0.29) is 0 Å². The summed E-state index contributed by atoms with van der Waals surface area (Å²) in [5, 5.41) is 3.28. The largest absolute Gasteiger partial charge is 0.317 e. The number of nitrogens with one attached hydrogen (secondary N) is 1. The standard InChI is InChI=1S/C12H15F2N/c13-11-6-10(7-12(14)8-11)5-9-1-3-15-4-2-9/h6-9,15H,1-5H2. The fraction of sp³-hybridized carbons (Fsp3) is 0.500. The van der Waals surface area contributed by atoms with Crippen LogP contribution >= 0.6 is 0 Å². The molecule has 1 aliphatic rings. The van der Waals surface area contributed by atoms with Crippen LogP contribution in [-0.4, -0.2) is 13.1 Å². The van der Waals surface area contributed by atoms with Gasteiger partial charge in [0.05, 0.1) is 0 Å². The summed E-state index contributed by atoms with van der Waals surface area (Å²) in [5.41, 5.74) is 0.777. The number of halogens is 2. The summed E-state index contributed by atoms with van der Waals surface area (Å²) in [6.07, 6.45) is 2.98. The van der Waals surface area contributed by atoms with E-state index < -0.39 is 11.6 Å². The summed E-state index contributed by atoms with van der Waals surface area (Å²) < 4.78 is 25.9. The van der Waals surface area contributed by atoms with E-state index in [1.165, 1.54) is 12.1 Å². The molecule has 1 aliphatic heterocycles. The van der Waals surface area contributed by atoms with Crippen molar-refractivity contribution in [1.82, 2.24) is 5.32 Å². The molecule has 0 spiro atoms. The van der Waals surface area contributed by atoms with Crippen LogP contribution in [0.4, 0.5) is 8.78 Å². The molecular formula is C12H15F2N. The van der Waals surface area contributed by atoms with Gasteiger partial charge in [-0.15, -0.1) is 0 Å². The average molecular weight is 211 g/mol. The zero-order valence-corrected chi connectivity index (χ0v) is 8.60. The first-order chi connectivity index (χ1) is 7.24. The van der Waals surface area contributed by atoms with Gasteiger partial charge in [0.25, 0.3) is 0 Å². The van der Waals surface area contributed by atoms with Gasteiger partial charge in [-0.3, -0.25) is 0 Å². The highest BCUT2D eigenvalue weighted by atomic mass is 19.1. The Morgan fingerprint density at radius 1 is 1.07 bits per heavy atom. The molecule has 0 amide bonds. The Kier molecular flexibility index (Phi) is 3.31. The van der Waals surface area contributed by atoms with Crippen molar-refractivity contribution < 1.29 is 8.78 Å². The molecule has 0 bridgehead atoms. The molecule has 1 aromatic rings. The van der Waals surface area contributed by atoms with Crippen LogP contribution in [-0.2, 0) is 6.42 Å². The second-order valence-electron chi connectivity index (χ2n) is 4.18. The lowest BCUT2D eigenvalue weighted by molar-refractivity contribution is 0.372. The molecule has 3 heteroatoms. The predicted molar refractivity (Wildman–Crippen MR) is 55.7 cm³/mol. The number of piperidine rings is 1. The van der Waals surface area contributed by atoms with E-state index in [9.17, 15) is 8.78 Å². The number of hydrogen-bond acceptors (Lipinski definition) is 1. The third-order valence-electron chi connectivity index (χ3n) is 2.91. The maximum atomic E-state index is 12.9. The highest BCUT2D eigenvalue weighted by Crippen LogP contribution is 2.19. The van der Waals surface area contributed by atoms with Crippen molar-refractivity contribution >= 4 is 0 Å². The monoisotopic (exact) mass is 211 g/mol. The van der Waals surface area contributed by atoms with Crippen molar-refractivity contribution in [3.63, 3.8) is 0 Å². The Balaban J connectivity index is 2.02. The molecule has 15 heavy (non-hydrogen) atoms. The maximum Gasteiger partial charge on any atom is 0.126 e. The van der Waals surface area contributed by atoms with E-state index in [1.54, 1.807) is 0 Å². The van der Waals surface area contributed by atoms with Crippen molar-refractivity contribution in [3.8, 4) is 0 Å². The minimum absolute atomic E-state index is 0.473. The molecule has 1 heterocycles. The second-order valence-corrected chi connectivity index (χ2v) is 4.18. The molecule has 2 rings (SSSR count). The van der Waals surface area contributed by atoms with E-state index in [0.717, 1.165) is 44.0 Å². The molecule has 0 aromatic heterocycles. The molecule has 1 saturated heterocycles. The quantitative estimate of drug-likeness (QED) is 0.792. The van der Waals surface area contributed by atoms with E-state index in [0.29, 0.717) is 5.92 Å². The van der Waals surface area contributed by atoms with Crippen molar-refractivity contribution in [2.45, 2.75) is 19.3 Å². The van der Waals surface area contributed by atoms with Gasteiger partial charge in [-0.05, 0) is 56.0 Å². The SMILES string of the molecule is Fc1cc(F)cc(CC2CCNCC2)c1. The van der Waals surface area contributed by atoms with Gasteiger partial charge in [-0.25, -0.2) is 8.78 Å². The van der Waals surface area contributed by atoms with Crippen molar-refractivity contribution in [2.75, 3.05) is 13.1 Å². The number of benzene rings is 1. The topological polar surface area (TPSA) is 12.0 Å². The molecule has 0 atom stereocenters. The Hall–Kier alpha value is -0.960. The smallest absolute Gasteiger partial charge is 0.126 e. The van der Waals surface area contributed by atoms with E-state index in [2.05, 4.69) is 5.32 Å². The fourth-order valence-corrected chi connectivity index (χ4v) is 2.15. The Morgan fingerprint density at radius 2 is 1.67 bits per heavy atom. The molecule has 82 valence electrons. The maximum absolute atomic E-state index is 12.9. The first kappa shape index (κ1) is 10.6. The summed E-state index contributed by atoms with van der Waals surface area (Å²) in [7, 11) is 0. The zero-order chi connectivity index (χ0) is 10.7. The van der Waals surface area contributed by atoms with Crippen molar-refractivity contribution in [3.05, 3.63) is 35.4 Å². The van der Waals surface area contributed by atoms with Crippen molar-refractivity contribution in [1.29, 1.82) is 0 Å². The summed E-state index contributed by atoms with van der Waals surface area (Å²) in [5.74, 6) is -0.384. The minimum atomic E-state index is -0.473. The van der Waals surface area contributed by atoms with E-state index >= 15 is 0 Å². The van der Waals surface area contributed by atoms with Gasteiger partial charge in [0, 0.05) is 6.07 Å². The summed E-state index contributed by atoms with van der Waals surface area (Å²) in [6.45, 7) is 2.03. The van der Waals surface area contributed by atoms with E-state index in [4.69, 9.17) is 0 Å². The lowest BCUT2D eigenvalue weighted by atomic mass is 9.91. The molecule has 0 saturated carbocycles. The predicted octanol–water partition coefficient (Wildman–Crippen LogP) is 2.51. The highest BCUT2D eigenvalue weighted by Gasteiger charge is 2.14. The first-order valence-corrected chi connectivity index (χ1v) is 5.40. The third-order valence-corrected chi connectivity index (χ3v) is 2.91. The Labute approximate surface area is 88.5 Å². The fourth-order valence-electron chi connectivity index (χ4n) is 2.15. The van der Waals surface area contributed by atoms with Crippen LogP contribution in [0.25, 0.3) is 0 Å². The minimum Gasteiger partial charge on any atom is -0.317 e. The van der Waals surface area contributed by atoms with Crippen LogP contribution in [0.2, 0.25) is 0 Å². The molecule has 0 unspecified atom stereocenters. The summed E-state index contributed by atoms with van der Waals surface area (Å²) >= 11 is 0. The third kappa shape index (κ3) is 2.99. The normalized spacial score (nSPS) is 18.0. The van der Waals surface area contributed by atoms with Crippen LogP contribution in [0, 0.1) is 17.6 Å². The summed E-state index contributed by atoms with van der Waals surface area (Å²) in [6, 6.07) is 3.79. The van der Waals surface area contributed by atoms with Crippen LogP contribution in [0.1, 0.15) is 18.4 Å². The van der Waals surface area contributed by atoms with Crippen LogP contribution in [0.5, 0.6) is 0 Å². The molecular weight excluding hydrogens is 196 g/mol. The number of hydrogen-bond donors (Lipinski definition) is 1. The molecule has 1 fully saturated rings. The second kappa shape index (κ2) is 4.71. The Bertz CT molecular complexity index is 312. The molecule has 1 nitrogen and oxygen atoms in total. The zero-order valence-electron chi connectivity index (χ0n) is 8.60. The average Bonchev–Trinajstić information content (AvgIpc) is 2.17. The van der Waals surface area contributed by atoms with E-state index in [1.807, 2.05) is 0 Å². The van der Waals surface area contributed by atoms with Crippen LogP contribution in [0.15, 0.2) is 18.2 Å². The molecule has 1 aromatic carbocycles. The van der Waals surface area contributed by atoms with Gasteiger partial charge in [0.1, 0.15) is 11.6 Å². The molecule has 0 aliphatic carbocycles. The van der Waals surface area contributed by atoms with Gasteiger partial charge in [0.2, 0.25) is 0 Å². The van der Waals surface area contributed by atoms with Crippen molar-refractivity contribution in [2.24, 2.45) is 5.92 Å². The lowest BCUT2D eigenvalue weighted by Gasteiger charge is -2.22. The highest BCUT2D eigenvalue weighted by molar-refractivity contribution is 5.18. The summed E-state index contributed by atoms with van der Waals surface area (Å²) in [4.78, 5) is 0. The van der Waals surface area contributed by atoms with Gasteiger partial charge < -0.3 is 5.32 Å². The van der Waals surface area contributed by atoms with Gasteiger partial charge in [0.15, 0.2) is 0 Å². The van der Waals surface area contributed by atoms with Gasteiger partial charge in [-0.1, -0.05) is 0 Å². The molecule has 1 N–H and O–H groups in total. The number of rotatable bonds is 2. The Morgan fingerprint density at radius 3 is 2.27 bits per heavy atom. The van der Waals surface area contributed by atoms with Gasteiger partial charge >= 0.3 is 0 Å². The van der Waals surface area contributed by atoms with Gasteiger partial charge in [-0.2, -0.15) is 0 Å². The molecule has 0 radical (unpaired) electrons. The lowest BCUT2D eigenvalue weighted by Crippen LogP contribution is -2.28. The van der Waals surface area contributed by atoms with Crippen LogP contribution in [0.3, 0.4) is 0 Å².